The number of benzene rings is 3. The fraction of sp³-hybridized carbons (Fsp3) is 0.368. The van der Waals surface area contributed by atoms with E-state index in [0.29, 0.717) is 53.3 Å². The summed E-state index contributed by atoms with van der Waals surface area (Å²) in [6.45, 7) is 3.13. The molecule has 14 heteroatoms. The summed E-state index contributed by atoms with van der Waals surface area (Å²) in [5.74, 6) is -0.944. The molecule has 0 aliphatic carbocycles. The highest BCUT2D eigenvalue weighted by molar-refractivity contribution is 6.17. The molecule has 0 bridgehead atoms. The first-order valence-corrected chi connectivity index (χ1v) is 17.5. The number of rotatable bonds is 15. The number of amides is 4. The van der Waals surface area contributed by atoms with Crippen LogP contribution in [0.2, 0.25) is 0 Å². The number of alkyl halides is 1. The average molecular weight is 732 g/mol. The lowest BCUT2D eigenvalue weighted by atomic mass is 10.1. The number of ether oxygens (including phenoxy) is 3. The Morgan fingerprint density at radius 3 is 2.40 bits per heavy atom. The van der Waals surface area contributed by atoms with E-state index < -0.39 is 23.9 Å². The van der Waals surface area contributed by atoms with Gasteiger partial charge in [0.1, 0.15) is 18.7 Å². The molecule has 4 amide bonds. The smallest absolute Gasteiger partial charge is 0.305 e. The zero-order valence-electron chi connectivity index (χ0n) is 29.5. The van der Waals surface area contributed by atoms with E-state index in [4.69, 9.17) is 21.1 Å². The van der Waals surface area contributed by atoms with Crippen LogP contribution in [-0.4, -0.2) is 68.2 Å². The van der Waals surface area contributed by atoms with Crippen LogP contribution in [0, 0.1) is 0 Å². The summed E-state index contributed by atoms with van der Waals surface area (Å²) in [6, 6.07) is 14.5. The molecule has 3 atom stereocenters. The van der Waals surface area contributed by atoms with Crippen LogP contribution >= 0.6 is 11.6 Å². The fourth-order valence-electron chi connectivity index (χ4n) is 6.04. The summed E-state index contributed by atoms with van der Waals surface area (Å²) in [6.07, 6.45) is 3.79. The van der Waals surface area contributed by atoms with Gasteiger partial charge in [0, 0.05) is 48.8 Å². The predicted molar refractivity (Wildman–Crippen MR) is 197 cm³/mol. The lowest BCUT2D eigenvalue weighted by Crippen LogP contribution is -2.50. The SMILES string of the molecule is COC(=O)CCCCC(=O)N[C@@H](C)C(=O)N[C@@H](C)C(=O)Nc1cc(CCl)cc(COc2cc3c(cc2OC)C(=O)N2c4ccccc4C[C@H]2C=N3)c1. The van der Waals surface area contributed by atoms with Gasteiger partial charge in [-0.15, -0.1) is 11.6 Å². The number of esters is 1. The number of nitrogens with one attached hydrogen (secondary N) is 3. The number of aliphatic imine (C=N–C) groups is 1. The van der Waals surface area contributed by atoms with Crippen molar-refractivity contribution < 1.29 is 38.2 Å². The van der Waals surface area contributed by atoms with E-state index in [1.807, 2.05) is 30.3 Å². The van der Waals surface area contributed by atoms with Crippen molar-refractivity contribution in [2.24, 2.45) is 4.99 Å². The number of para-hydroxylation sites is 1. The van der Waals surface area contributed by atoms with Crippen molar-refractivity contribution in [1.29, 1.82) is 0 Å². The predicted octanol–water partition coefficient (Wildman–Crippen LogP) is 4.98. The summed E-state index contributed by atoms with van der Waals surface area (Å²) in [5.41, 5.74) is 4.70. The maximum absolute atomic E-state index is 13.7. The standard InChI is InChI=1S/C38H42ClN5O8/c1-22(41-34(45)11-7-8-12-35(46)51-4)36(47)42-23(2)37(48)43-27-14-24(19-39)13-25(15-27)21-52-33-18-30-29(17-32(33)50-3)38(49)44-28(20-40-30)16-26-9-5-6-10-31(26)44/h5-6,9-10,13-15,17-18,20,22-23,28H,7-8,11-12,16,19,21H2,1-4H3,(H,41,45)(H,42,47)(H,43,48)/t22-,23-,28-/m0/s1. The quantitative estimate of drug-likeness (QED) is 0.112. The molecule has 13 nitrogen and oxygen atoms in total. The number of unbranched alkanes of at least 4 members (excludes halogenated alkanes) is 1. The van der Waals surface area contributed by atoms with Crippen molar-refractivity contribution in [1.82, 2.24) is 10.6 Å². The maximum Gasteiger partial charge on any atom is 0.305 e. The second-order valence-corrected chi connectivity index (χ2v) is 12.9. The third kappa shape index (κ3) is 9.07. The fourth-order valence-corrected chi connectivity index (χ4v) is 6.19. The van der Waals surface area contributed by atoms with Crippen LogP contribution in [0.1, 0.15) is 66.6 Å². The minimum absolute atomic E-state index is 0.0781. The van der Waals surface area contributed by atoms with Crippen molar-refractivity contribution in [3.05, 3.63) is 76.9 Å². The minimum atomic E-state index is -0.928. The van der Waals surface area contributed by atoms with E-state index in [1.54, 1.807) is 35.4 Å². The summed E-state index contributed by atoms with van der Waals surface area (Å²) in [4.78, 5) is 69.4. The van der Waals surface area contributed by atoms with E-state index in [1.165, 1.54) is 28.1 Å². The number of carbonyl (C=O) groups excluding carboxylic acids is 5. The molecule has 3 aromatic carbocycles. The van der Waals surface area contributed by atoms with Gasteiger partial charge in [-0.3, -0.25) is 33.9 Å². The molecule has 5 rings (SSSR count). The first-order valence-electron chi connectivity index (χ1n) is 17.0. The lowest BCUT2D eigenvalue weighted by molar-refractivity contribution is -0.140. The van der Waals surface area contributed by atoms with E-state index in [9.17, 15) is 24.0 Å². The number of nitrogens with zero attached hydrogens (tertiary/aromatic N) is 2. The monoisotopic (exact) mass is 731 g/mol. The highest BCUT2D eigenvalue weighted by atomic mass is 35.5. The molecule has 2 aliphatic rings. The molecule has 2 aliphatic heterocycles. The third-order valence-electron chi connectivity index (χ3n) is 8.78. The van der Waals surface area contributed by atoms with Gasteiger partial charge in [-0.05, 0) is 67.6 Å². The highest BCUT2D eigenvalue weighted by Gasteiger charge is 2.36. The molecular weight excluding hydrogens is 690 g/mol. The van der Waals surface area contributed by atoms with Crippen LogP contribution < -0.4 is 30.3 Å². The van der Waals surface area contributed by atoms with Crippen LogP contribution in [-0.2, 0) is 42.8 Å². The Morgan fingerprint density at radius 1 is 0.923 bits per heavy atom. The Labute approximate surface area is 307 Å². The van der Waals surface area contributed by atoms with E-state index in [2.05, 4.69) is 25.7 Å². The molecule has 274 valence electrons. The number of anilines is 2. The first-order chi connectivity index (χ1) is 25.0. The van der Waals surface area contributed by atoms with Crippen LogP contribution in [0.5, 0.6) is 11.5 Å². The summed E-state index contributed by atoms with van der Waals surface area (Å²) in [7, 11) is 2.80. The molecule has 0 spiro atoms. The van der Waals surface area contributed by atoms with Gasteiger partial charge < -0.3 is 30.2 Å². The van der Waals surface area contributed by atoms with Gasteiger partial charge in [0.15, 0.2) is 11.5 Å². The molecule has 3 N–H and O–H groups in total. The molecule has 2 heterocycles. The van der Waals surface area contributed by atoms with E-state index in [0.717, 1.165) is 16.8 Å². The Balaban J connectivity index is 1.19. The number of halogens is 1. The Morgan fingerprint density at radius 2 is 1.65 bits per heavy atom. The number of carbonyl (C=O) groups is 5. The highest BCUT2D eigenvalue weighted by Crippen LogP contribution is 2.41. The average Bonchev–Trinajstić information content (AvgIpc) is 3.46. The van der Waals surface area contributed by atoms with Crippen molar-refractivity contribution in [3.63, 3.8) is 0 Å². The van der Waals surface area contributed by atoms with Crippen molar-refractivity contribution >= 4 is 64.5 Å². The van der Waals surface area contributed by atoms with Crippen molar-refractivity contribution in [2.45, 2.75) is 76.6 Å². The minimum Gasteiger partial charge on any atom is -0.493 e. The summed E-state index contributed by atoms with van der Waals surface area (Å²) < 4.78 is 16.4. The molecule has 0 fully saturated rings. The molecule has 0 radical (unpaired) electrons. The first kappa shape index (κ1) is 37.8. The van der Waals surface area contributed by atoms with E-state index >= 15 is 0 Å². The number of hydrogen-bond acceptors (Lipinski definition) is 9. The number of hydrogen-bond donors (Lipinski definition) is 3. The Hall–Kier alpha value is -5.43. The molecule has 0 saturated heterocycles. The third-order valence-corrected chi connectivity index (χ3v) is 9.09. The maximum atomic E-state index is 13.7. The van der Waals surface area contributed by atoms with Gasteiger partial charge >= 0.3 is 5.97 Å². The summed E-state index contributed by atoms with van der Waals surface area (Å²) in [5, 5.41) is 8.03. The Bertz CT molecular complexity index is 1880. The number of methoxy groups -OCH3 is 2. The second-order valence-electron chi connectivity index (χ2n) is 12.6. The van der Waals surface area contributed by atoms with Gasteiger partial charge in [0.05, 0.1) is 31.5 Å². The lowest BCUT2D eigenvalue weighted by Gasteiger charge is -2.22. The molecule has 3 aromatic rings. The van der Waals surface area contributed by atoms with Gasteiger partial charge in [0.2, 0.25) is 17.7 Å². The van der Waals surface area contributed by atoms with Crippen LogP contribution in [0.4, 0.5) is 17.1 Å². The van der Waals surface area contributed by atoms with Gasteiger partial charge in [-0.25, -0.2) is 0 Å². The molecule has 0 saturated carbocycles. The Kier molecular flexibility index (Phi) is 12.5. The number of fused-ring (bicyclic) bond motifs is 4. The van der Waals surface area contributed by atoms with Crippen molar-refractivity contribution in [3.8, 4) is 11.5 Å². The molecule has 0 aromatic heterocycles. The van der Waals surface area contributed by atoms with Crippen molar-refractivity contribution in [2.75, 3.05) is 24.4 Å². The van der Waals surface area contributed by atoms with E-state index in [-0.39, 0.29) is 49.2 Å². The van der Waals surface area contributed by atoms with Crippen LogP contribution in [0.3, 0.4) is 0 Å². The molecule has 0 unspecified atom stereocenters. The van der Waals surface area contributed by atoms with Crippen LogP contribution in [0.25, 0.3) is 0 Å². The van der Waals surface area contributed by atoms with Gasteiger partial charge in [-0.2, -0.15) is 0 Å². The van der Waals surface area contributed by atoms with Gasteiger partial charge in [0.25, 0.3) is 5.91 Å². The zero-order chi connectivity index (χ0) is 37.4. The molecule has 52 heavy (non-hydrogen) atoms. The van der Waals surface area contributed by atoms with Gasteiger partial charge in [-0.1, -0.05) is 24.3 Å². The zero-order valence-corrected chi connectivity index (χ0v) is 30.2. The topological polar surface area (TPSA) is 165 Å². The van der Waals surface area contributed by atoms with Crippen LogP contribution in [0.15, 0.2) is 59.6 Å². The second kappa shape index (κ2) is 17.2. The largest absolute Gasteiger partial charge is 0.493 e. The molecular formula is C38H42ClN5O8. The summed E-state index contributed by atoms with van der Waals surface area (Å²) >= 11 is 6.18. The normalized spacial score (nSPS) is 15.3.